The van der Waals surface area contributed by atoms with Crippen molar-refractivity contribution in [3.05, 3.63) is 59.5 Å². The summed E-state index contributed by atoms with van der Waals surface area (Å²) in [6, 6.07) is 13.0. The molecule has 1 aliphatic rings. The molecule has 0 fully saturated rings. The molecular formula is C17H21NO. The molecule has 1 aromatic carbocycles. The third-order valence-electron chi connectivity index (χ3n) is 4.30. The van der Waals surface area contributed by atoms with Crippen molar-refractivity contribution in [3.8, 4) is 0 Å². The van der Waals surface area contributed by atoms with Crippen molar-refractivity contribution in [2.75, 3.05) is 13.6 Å². The Kier molecular flexibility index (Phi) is 3.43. The molecule has 1 unspecified atom stereocenters. The molecule has 0 saturated carbocycles. The number of hydrogen-bond donors (Lipinski definition) is 1. The molecule has 1 aliphatic carbocycles. The van der Waals surface area contributed by atoms with Crippen molar-refractivity contribution in [2.24, 2.45) is 0 Å². The summed E-state index contributed by atoms with van der Waals surface area (Å²) < 4.78 is 5.59. The lowest BCUT2D eigenvalue weighted by Crippen LogP contribution is -2.41. The molecule has 0 aliphatic heterocycles. The van der Waals surface area contributed by atoms with Crippen molar-refractivity contribution >= 4 is 0 Å². The maximum absolute atomic E-state index is 5.59. The average molecular weight is 255 g/mol. The number of furan rings is 1. The maximum atomic E-state index is 5.59. The molecule has 3 rings (SSSR count). The number of aryl methyl sites for hydroxylation is 1. The summed E-state index contributed by atoms with van der Waals surface area (Å²) in [6.07, 6.45) is 6.46. The van der Waals surface area contributed by atoms with Crippen LogP contribution in [-0.2, 0) is 18.3 Å². The Morgan fingerprint density at radius 3 is 2.89 bits per heavy atom. The zero-order valence-electron chi connectivity index (χ0n) is 11.5. The smallest absolute Gasteiger partial charge is 0.104 e. The topological polar surface area (TPSA) is 25.2 Å². The standard InChI is InChI=1S/C17H21NO/c1-18-13-17(12-15-8-5-11-19-15)10-4-7-14-6-2-3-9-16(14)17/h2-3,5-6,8-9,11,18H,4,7,10,12-13H2,1H3. The number of likely N-dealkylation sites (N-methyl/N-ethyl adjacent to an activating group) is 1. The van der Waals surface area contributed by atoms with Gasteiger partial charge in [-0.2, -0.15) is 0 Å². The molecule has 2 nitrogen and oxygen atoms in total. The quantitative estimate of drug-likeness (QED) is 0.906. The highest BCUT2D eigenvalue weighted by atomic mass is 16.3. The minimum atomic E-state index is 0.182. The molecule has 0 bridgehead atoms. The molecule has 100 valence electrons. The molecule has 0 saturated heterocycles. The largest absolute Gasteiger partial charge is 0.469 e. The van der Waals surface area contributed by atoms with E-state index in [9.17, 15) is 0 Å². The monoisotopic (exact) mass is 255 g/mol. The molecule has 2 heteroatoms. The molecular weight excluding hydrogens is 234 g/mol. The fraction of sp³-hybridized carbons (Fsp3) is 0.412. The Balaban J connectivity index is 2.01. The van der Waals surface area contributed by atoms with Crippen molar-refractivity contribution in [1.29, 1.82) is 0 Å². The lowest BCUT2D eigenvalue weighted by Gasteiger charge is -2.39. The van der Waals surface area contributed by atoms with Gasteiger partial charge < -0.3 is 9.73 Å². The lowest BCUT2D eigenvalue weighted by atomic mass is 9.67. The molecule has 0 radical (unpaired) electrons. The molecule has 0 spiro atoms. The second-order valence-corrected chi connectivity index (χ2v) is 5.58. The van der Waals surface area contributed by atoms with Crippen LogP contribution in [0.5, 0.6) is 0 Å². The fourth-order valence-electron chi connectivity index (χ4n) is 3.52. The molecule has 0 amide bonds. The summed E-state index contributed by atoms with van der Waals surface area (Å²) in [5.41, 5.74) is 3.20. The highest BCUT2D eigenvalue weighted by Crippen LogP contribution is 2.39. The van der Waals surface area contributed by atoms with Crippen LogP contribution in [0.3, 0.4) is 0 Å². The second kappa shape index (κ2) is 5.22. The van der Waals surface area contributed by atoms with Gasteiger partial charge in [0.2, 0.25) is 0 Å². The highest BCUT2D eigenvalue weighted by Gasteiger charge is 2.36. The first-order valence-electron chi connectivity index (χ1n) is 7.09. The van der Waals surface area contributed by atoms with E-state index in [1.54, 1.807) is 6.26 Å². The Morgan fingerprint density at radius 2 is 2.11 bits per heavy atom. The molecule has 1 atom stereocenters. The fourth-order valence-corrected chi connectivity index (χ4v) is 3.52. The third kappa shape index (κ3) is 2.33. The van der Waals surface area contributed by atoms with Gasteiger partial charge in [-0.15, -0.1) is 0 Å². The van der Waals surface area contributed by atoms with Crippen LogP contribution in [0.1, 0.15) is 29.7 Å². The van der Waals surface area contributed by atoms with Crippen LogP contribution in [0, 0.1) is 0 Å². The first-order valence-corrected chi connectivity index (χ1v) is 7.09. The van der Waals surface area contributed by atoms with Crippen LogP contribution in [0.25, 0.3) is 0 Å². The van der Waals surface area contributed by atoms with Gasteiger partial charge in [-0.05, 0) is 49.6 Å². The Labute approximate surface area is 114 Å². The van der Waals surface area contributed by atoms with Gasteiger partial charge in [-0.25, -0.2) is 0 Å². The van der Waals surface area contributed by atoms with Crippen LogP contribution in [0.4, 0.5) is 0 Å². The molecule has 1 N–H and O–H groups in total. The summed E-state index contributed by atoms with van der Waals surface area (Å²) in [5.74, 6) is 1.09. The van der Waals surface area contributed by atoms with Gasteiger partial charge in [0, 0.05) is 18.4 Å². The number of hydrogen-bond acceptors (Lipinski definition) is 2. The van der Waals surface area contributed by atoms with Crippen LogP contribution in [0.15, 0.2) is 47.1 Å². The summed E-state index contributed by atoms with van der Waals surface area (Å²) in [7, 11) is 2.04. The van der Waals surface area contributed by atoms with E-state index in [1.807, 2.05) is 13.1 Å². The minimum Gasteiger partial charge on any atom is -0.469 e. The second-order valence-electron chi connectivity index (χ2n) is 5.58. The van der Waals surface area contributed by atoms with E-state index < -0.39 is 0 Å². The van der Waals surface area contributed by atoms with Crippen LogP contribution < -0.4 is 5.32 Å². The SMILES string of the molecule is CNCC1(Cc2ccco2)CCCc2ccccc21. The maximum Gasteiger partial charge on any atom is 0.104 e. The van der Waals surface area contributed by atoms with Crippen molar-refractivity contribution in [1.82, 2.24) is 5.32 Å². The normalized spacial score (nSPS) is 22.2. The predicted molar refractivity (Wildman–Crippen MR) is 77.4 cm³/mol. The number of rotatable bonds is 4. The Morgan fingerprint density at radius 1 is 1.21 bits per heavy atom. The van der Waals surface area contributed by atoms with Crippen LogP contribution in [0.2, 0.25) is 0 Å². The zero-order chi connectivity index (χ0) is 13.1. The number of benzene rings is 1. The van der Waals surface area contributed by atoms with E-state index in [0.717, 1.165) is 18.7 Å². The first-order chi connectivity index (χ1) is 9.34. The van der Waals surface area contributed by atoms with E-state index in [1.165, 1.54) is 30.4 Å². The average Bonchev–Trinajstić information content (AvgIpc) is 2.92. The summed E-state index contributed by atoms with van der Waals surface area (Å²) in [5, 5.41) is 3.39. The van der Waals surface area contributed by atoms with E-state index in [-0.39, 0.29) is 5.41 Å². The Bertz CT molecular complexity index is 532. The van der Waals surface area contributed by atoms with E-state index in [4.69, 9.17) is 4.42 Å². The molecule has 1 aromatic heterocycles. The van der Waals surface area contributed by atoms with Crippen LogP contribution >= 0.6 is 0 Å². The van der Waals surface area contributed by atoms with Crippen molar-refractivity contribution < 1.29 is 4.42 Å². The zero-order valence-corrected chi connectivity index (χ0v) is 11.5. The summed E-state index contributed by atoms with van der Waals surface area (Å²) in [4.78, 5) is 0. The van der Waals surface area contributed by atoms with E-state index in [0.29, 0.717) is 0 Å². The van der Waals surface area contributed by atoms with Gasteiger partial charge in [0.15, 0.2) is 0 Å². The van der Waals surface area contributed by atoms with E-state index >= 15 is 0 Å². The summed E-state index contributed by atoms with van der Waals surface area (Å²) in [6.45, 7) is 1.00. The van der Waals surface area contributed by atoms with Gasteiger partial charge in [0.1, 0.15) is 5.76 Å². The summed E-state index contributed by atoms with van der Waals surface area (Å²) >= 11 is 0. The molecule has 2 aromatic rings. The number of nitrogens with one attached hydrogen (secondary N) is 1. The molecule has 1 heterocycles. The Hall–Kier alpha value is -1.54. The van der Waals surface area contributed by atoms with Crippen LogP contribution in [-0.4, -0.2) is 13.6 Å². The van der Waals surface area contributed by atoms with Gasteiger partial charge in [-0.3, -0.25) is 0 Å². The van der Waals surface area contributed by atoms with E-state index in [2.05, 4.69) is 35.6 Å². The highest BCUT2D eigenvalue weighted by molar-refractivity contribution is 5.38. The lowest BCUT2D eigenvalue weighted by molar-refractivity contribution is 0.320. The van der Waals surface area contributed by atoms with Gasteiger partial charge in [0.05, 0.1) is 6.26 Å². The minimum absolute atomic E-state index is 0.182. The molecule has 19 heavy (non-hydrogen) atoms. The van der Waals surface area contributed by atoms with Gasteiger partial charge in [-0.1, -0.05) is 24.3 Å². The first kappa shape index (κ1) is 12.5. The van der Waals surface area contributed by atoms with Gasteiger partial charge >= 0.3 is 0 Å². The predicted octanol–water partition coefficient (Wildman–Crippen LogP) is 3.32. The van der Waals surface area contributed by atoms with Crippen molar-refractivity contribution in [3.63, 3.8) is 0 Å². The van der Waals surface area contributed by atoms with Crippen molar-refractivity contribution in [2.45, 2.75) is 31.1 Å². The third-order valence-corrected chi connectivity index (χ3v) is 4.30. The van der Waals surface area contributed by atoms with Gasteiger partial charge in [0.25, 0.3) is 0 Å². The number of fused-ring (bicyclic) bond motifs is 1.